The van der Waals surface area contributed by atoms with E-state index >= 15 is 0 Å². The first-order chi connectivity index (χ1) is 15.7. The van der Waals surface area contributed by atoms with Crippen molar-refractivity contribution >= 4 is 29.0 Å². The molecule has 160 valence electrons. The van der Waals surface area contributed by atoms with Crippen LogP contribution in [0.15, 0.2) is 96.4 Å². The van der Waals surface area contributed by atoms with Crippen LogP contribution in [0.1, 0.15) is 5.56 Å². The number of rotatable bonds is 7. The van der Waals surface area contributed by atoms with Crippen molar-refractivity contribution in [2.75, 3.05) is 10.0 Å². The average Bonchev–Trinajstić information content (AvgIpc) is 2.85. The highest BCUT2D eigenvalue weighted by atomic mass is 32.2. The first kappa shape index (κ1) is 21.3. The van der Waals surface area contributed by atoms with Gasteiger partial charge in [-0.1, -0.05) is 48.5 Å². The largest absolute Gasteiger partial charge is 0.334 e. The Morgan fingerprint density at radius 1 is 0.906 bits per heavy atom. The van der Waals surface area contributed by atoms with Crippen LogP contribution < -0.4 is 15.4 Å². The molecule has 0 bridgehead atoms. The SMILES string of the molecule is O=C(NCc1cccnc1)Nc1cnc(N[S+](O)c2ccccc2-c2ccccc2)nc1. The van der Waals surface area contributed by atoms with E-state index in [4.69, 9.17) is 0 Å². The van der Waals surface area contributed by atoms with Crippen molar-refractivity contribution in [2.45, 2.75) is 11.4 Å². The molecule has 2 heterocycles. The first-order valence-corrected chi connectivity index (χ1v) is 11.0. The zero-order chi connectivity index (χ0) is 22.2. The summed E-state index contributed by atoms with van der Waals surface area (Å²) in [4.78, 5) is 25.2. The maximum absolute atomic E-state index is 12.1. The van der Waals surface area contributed by atoms with E-state index in [9.17, 15) is 9.35 Å². The van der Waals surface area contributed by atoms with E-state index in [1.165, 1.54) is 12.4 Å². The Morgan fingerprint density at radius 2 is 1.66 bits per heavy atom. The van der Waals surface area contributed by atoms with Crippen molar-refractivity contribution in [3.8, 4) is 11.1 Å². The van der Waals surface area contributed by atoms with E-state index in [1.807, 2.05) is 66.7 Å². The Balaban J connectivity index is 1.36. The lowest BCUT2D eigenvalue weighted by molar-refractivity contribution is 0.251. The smallest absolute Gasteiger partial charge is 0.319 e. The molecule has 0 spiro atoms. The molecule has 32 heavy (non-hydrogen) atoms. The standard InChI is InChI=1S/C23H20N6O2S/c30-23(27-14-17-7-6-12-24-13-17)28-19-15-25-22(26-16-19)29-32(31)21-11-5-4-10-20(21)18-8-2-1-3-9-18/h1-13,15-16,31H,14H2,(H2-,25,26,27,28,29,30)/p+1. The van der Waals surface area contributed by atoms with Crippen molar-refractivity contribution in [1.82, 2.24) is 20.3 Å². The van der Waals surface area contributed by atoms with Gasteiger partial charge in [0.15, 0.2) is 0 Å². The molecule has 8 nitrogen and oxygen atoms in total. The van der Waals surface area contributed by atoms with Crippen molar-refractivity contribution in [1.29, 1.82) is 0 Å². The lowest BCUT2D eigenvalue weighted by Gasteiger charge is -2.08. The van der Waals surface area contributed by atoms with Gasteiger partial charge >= 0.3 is 17.4 Å². The number of benzene rings is 2. The molecule has 0 fully saturated rings. The van der Waals surface area contributed by atoms with Crippen molar-refractivity contribution < 1.29 is 9.35 Å². The zero-order valence-corrected chi connectivity index (χ0v) is 17.8. The molecule has 0 saturated carbocycles. The highest BCUT2D eigenvalue weighted by Crippen LogP contribution is 2.28. The lowest BCUT2D eigenvalue weighted by Crippen LogP contribution is -2.28. The molecule has 4 aromatic rings. The molecule has 1 atom stereocenters. The fourth-order valence-electron chi connectivity index (χ4n) is 2.94. The van der Waals surface area contributed by atoms with Gasteiger partial charge in [-0.3, -0.25) is 4.98 Å². The molecule has 0 aliphatic carbocycles. The van der Waals surface area contributed by atoms with Crippen LogP contribution in [-0.4, -0.2) is 25.5 Å². The van der Waals surface area contributed by atoms with Gasteiger partial charge in [-0.05, 0) is 29.3 Å². The van der Waals surface area contributed by atoms with Crippen LogP contribution in [0.5, 0.6) is 0 Å². The number of anilines is 2. The number of pyridine rings is 1. The zero-order valence-electron chi connectivity index (χ0n) is 17.0. The lowest BCUT2D eigenvalue weighted by atomic mass is 10.1. The van der Waals surface area contributed by atoms with E-state index in [1.54, 1.807) is 12.4 Å². The van der Waals surface area contributed by atoms with E-state index in [-0.39, 0.29) is 12.0 Å². The maximum atomic E-state index is 12.1. The fourth-order valence-corrected chi connectivity index (χ4v) is 3.93. The summed E-state index contributed by atoms with van der Waals surface area (Å²) in [5, 5.41) is 5.41. The van der Waals surface area contributed by atoms with Crippen LogP contribution in [0.25, 0.3) is 11.1 Å². The molecule has 2 aromatic carbocycles. The number of nitrogens with zero attached hydrogens (tertiary/aromatic N) is 3. The number of carbonyl (C=O) groups excluding carboxylic acids is 1. The van der Waals surface area contributed by atoms with E-state index in [0.29, 0.717) is 12.2 Å². The Morgan fingerprint density at radius 3 is 2.41 bits per heavy atom. The van der Waals surface area contributed by atoms with Crippen LogP contribution in [0.3, 0.4) is 0 Å². The Labute approximate surface area is 188 Å². The molecule has 2 amide bonds. The summed E-state index contributed by atoms with van der Waals surface area (Å²) in [5.74, 6) is 0.250. The third-order valence-electron chi connectivity index (χ3n) is 4.45. The third-order valence-corrected chi connectivity index (χ3v) is 5.60. The van der Waals surface area contributed by atoms with Gasteiger partial charge in [0, 0.05) is 24.5 Å². The molecule has 4 rings (SSSR count). The first-order valence-electron chi connectivity index (χ1n) is 9.79. The minimum absolute atomic E-state index is 0.250. The Bertz CT molecular complexity index is 1160. The predicted octanol–water partition coefficient (Wildman–Crippen LogP) is 4.34. The van der Waals surface area contributed by atoms with E-state index < -0.39 is 11.4 Å². The minimum atomic E-state index is -1.32. The van der Waals surface area contributed by atoms with Gasteiger partial charge in [0.05, 0.1) is 18.1 Å². The van der Waals surface area contributed by atoms with Crippen molar-refractivity contribution in [2.24, 2.45) is 0 Å². The molecule has 0 saturated heterocycles. The molecule has 9 heteroatoms. The van der Waals surface area contributed by atoms with Gasteiger partial charge in [0.1, 0.15) is 0 Å². The normalized spacial score (nSPS) is 11.4. The highest BCUT2D eigenvalue weighted by Gasteiger charge is 2.26. The van der Waals surface area contributed by atoms with Gasteiger partial charge in [-0.15, -0.1) is 4.72 Å². The number of nitrogens with one attached hydrogen (secondary N) is 3. The van der Waals surface area contributed by atoms with Gasteiger partial charge in [0.2, 0.25) is 4.90 Å². The Hall–Kier alpha value is -3.95. The second-order valence-electron chi connectivity index (χ2n) is 6.71. The number of carbonyl (C=O) groups is 1. The van der Waals surface area contributed by atoms with Crippen LogP contribution in [0.4, 0.5) is 16.4 Å². The number of hydrogen-bond donors (Lipinski definition) is 4. The quantitative estimate of drug-likeness (QED) is 0.315. The molecule has 4 N–H and O–H groups in total. The number of amides is 2. The number of urea groups is 1. The molecular formula is C23H21N6O2S+. The summed E-state index contributed by atoms with van der Waals surface area (Å²) in [6.45, 7) is 0.355. The maximum Gasteiger partial charge on any atom is 0.319 e. The molecule has 0 radical (unpaired) electrons. The highest BCUT2D eigenvalue weighted by molar-refractivity contribution is 7.93. The second-order valence-corrected chi connectivity index (χ2v) is 7.93. The number of hydrogen-bond acceptors (Lipinski definition) is 6. The minimum Gasteiger partial charge on any atom is -0.334 e. The molecule has 2 aromatic heterocycles. The second kappa shape index (κ2) is 10.4. The average molecular weight is 446 g/mol. The van der Waals surface area contributed by atoms with Crippen molar-refractivity contribution in [3.05, 3.63) is 97.1 Å². The summed E-state index contributed by atoms with van der Waals surface area (Å²) in [5.41, 5.74) is 3.26. The van der Waals surface area contributed by atoms with E-state index in [2.05, 4.69) is 30.3 Å². The monoisotopic (exact) mass is 445 g/mol. The van der Waals surface area contributed by atoms with Crippen LogP contribution >= 0.6 is 0 Å². The Kier molecular flexibility index (Phi) is 6.91. The fraction of sp³-hybridized carbons (Fsp3) is 0.0435. The number of aromatic nitrogens is 3. The summed E-state index contributed by atoms with van der Waals surface area (Å²) >= 11 is -1.32. The molecule has 0 aliphatic rings. The summed E-state index contributed by atoms with van der Waals surface area (Å²) in [6, 6.07) is 20.8. The molecular weight excluding hydrogens is 424 g/mol. The summed E-state index contributed by atoms with van der Waals surface area (Å²) < 4.78 is 13.7. The summed E-state index contributed by atoms with van der Waals surface area (Å²) in [7, 11) is 0. The van der Waals surface area contributed by atoms with Gasteiger partial charge in [-0.25, -0.2) is 14.8 Å². The van der Waals surface area contributed by atoms with Gasteiger partial charge in [0.25, 0.3) is 5.95 Å². The molecule has 0 aliphatic heterocycles. The van der Waals surface area contributed by atoms with Crippen LogP contribution in [0, 0.1) is 0 Å². The van der Waals surface area contributed by atoms with Gasteiger partial charge < -0.3 is 10.6 Å². The third kappa shape index (κ3) is 5.60. The summed E-state index contributed by atoms with van der Waals surface area (Å²) in [6.07, 6.45) is 6.30. The van der Waals surface area contributed by atoms with Gasteiger partial charge in [-0.2, -0.15) is 4.55 Å². The predicted molar refractivity (Wildman–Crippen MR) is 126 cm³/mol. The van der Waals surface area contributed by atoms with Crippen molar-refractivity contribution in [3.63, 3.8) is 0 Å². The van der Waals surface area contributed by atoms with Crippen LogP contribution in [0.2, 0.25) is 0 Å². The van der Waals surface area contributed by atoms with Crippen LogP contribution in [-0.2, 0) is 17.9 Å². The topological polar surface area (TPSA) is 112 Å². The molecule has 1 unspecified atom stereocenters. The van der Waals surface area contributed by atoms with E-state index in [0.717, 1.165) is 21.6 Å².